The number of aliphatic imine (C=N–C) groups is 1. The van der Waals surface area contributed by atoms with Gasteiger partial charge in [-0.25, -0.2) is 4.99 Å². The fourth-order valence-electron chi connectivity index (χ4n) is 4.62. The molecule has 8 heteroatoms. The molecule has 5 rings (SSSR count). The maximum absolute atomic E-state index is 14.3. The Morgan fingerprint density at radius 2 is 1.62 bits per heavy atom. The summed E-state index contributed by atoms with van der Waals surface area (Å²) in [5, 5.41) is 12.1. The highest BCUT2D eigenvalue weighted by molar-refractivity contribution is 9.10. The van der Waals surface area contributed by atoms with Gasteiger partial charge in [0.25, 0.3) is 5.91 Å². The van der Waals surface area contributed by atoms with Crippen molar-refractivity contribution in [1.82, 2.24) is 0 Å². The first kappa shape index (κ1) is 28.1. The number of anilines is 1. The number of ether oxygens (including phenoxy) is 2. The summed E-state index contributed by atoms with van der Waals surface area (Å²) < 4.78 is 14.1. The van der Waals surface area contributed by atoms with E-state index < -0.39 is 11.6 Å². The zero-order valence-electron chi connectivity index (χ0n) is 21.6. The molecule has 0 radical (unpaired) electrons. The van der Waals surface area contributed by atoms with Crippen LogP contribution >= 0.6 is 31.9 Å². The quantitative estimate of drug-likeness (QED) is 0.177. The third kappa shape index (κ3) is 6.30. The van der Waals surface area contributed by atoms with Gasteiger partial charge >= 0.3 is 0 Å². The highest BCUT2D eigenvalue weighted by Crippen LogP contribution is 2.45. The van der Waals surface area contributed by atoms with Gasteiger partial charge in [0.1, 0.15) is 5.75 Å². The van der Waals surface area contributed by atoms with E-state index in [0.29, 0.717) is 36.8 Å². The Morgan fingerprint density at radius 1 is 0.925 bits per heavy atom. The minimum absolute atomic E-state index is 0.0741. The summed E-state index contributed by atoms with van der Waals surface area (Å²) in [7, 11) is 0. The molecule has 1 aliphatic rings. The number of rotatable bonds is 10. The lowest BCUT2D eigenvalue weighted by Crippen LogP contribution is -2.46. The molecule has 4 aromatic carbocycles. The molecule has 2 atom stereocenters. The first-order valence-electron chi connectivity index (χ1n) is 12.9. The molecule has 1 aliphatic heterocycles. The van der Waals surface area contributed by atoms with E-state index in [2.05, 4.69) is 37.2 Å². The third-order valence-corrected chi connectivity index (χ3v) is 7.89. The molecule has 0 bridgehead atoms. The van der Waals surface area contributed by atoms with Gasteiger partial charge in [-0.3, -0.25) is 4.79 Å². The third-order valence-electron chi connectivity index (χ3n) is 6.64. The predicted octanol–water partition coefficient (Wildman–Crippen LogP) is 7.11. The SMILES string of the molecule is O=C(Nc1ccccc1)[C@]1(Cc2ccc(Br)cc2)N=C(c2ccc(OCCCO)cc2)O[C@@H]1c1ccccc1Br. The number of aliphatic hydroxyl groups excluding tert-OH is 1. The average Bonchev–Trinajstić information content (AvgIpc) is 3.36. The van der Waals surface area contributed by atoms with E-state index in [1.165, 1.54) is 0 Å². The molecule has 0 fully saturated rings. The molecule has 40 heavy (non-hydrogen) atoms. The Morgan fingerprint density at radius 3 is 2.33 bits per heavy atom. The van der Waals surface area contributed by atoms with Crippen LogP contribution in [0.4, 0.5) is 5.69 Å². The lowest BCUT2D eigenvalue weighted by atomic mass is 9.82. The van der Waals surface area contributed by atoms with Crippen molar-refractivity contribution in [3.63, 3.8) is 0 Å². The summed E-state index contributed by atoms with van der Waals surface area (Å²) in [6.07, 6.45) is 0.169. The predicted molar refractivity (Wildman–Crippen MR) is 164 cm³/mol. The van der Waals surface area contributed by atoms with E-state index in [0.717, 1.165) is 25.6 Å². The summed E-state index contributed by atoms with van der Waals surface area (Å²) in [5.74, 6) is 0.797. The van der Waals surface area contributed by atoms with Gasteiger partial charge in [0.05, 0.1) is 6.61 Å². The van der Waals surface area contributed by atoms with E-state index in [9.17, 15) is 4.79 Å². The number of nitrogens with one attached hydrogen (secondary N) is 1. The molecule has 0 spiro atoms. The fraction of sp³-hybridized carbons (Fsp3) is 0.188. The van der Waals surface area contributed by atoms with Crippen LogP contribution in [0, 0.1) is 0 Å². The number of carbonyl (C=O) groups is 1. The zero-order chi connectivity index (χ0) is 28.0. The standard InChI is InChI=1S/C32H28Br2N2O4/c33-24-15-11-22(12-16-24)21-32(31(38)35-25-7-2-1-3-8-25)29(27-9-4-5-10-28(27)34)40-30(36-32)23-13-17-26(18-14-23)39-20-6-19-37/h1-5,7-18,29,37H,6,19-21H2,(H,35,38)/t29-,32-/m1/s1. The van der Waals surface area contributed by atoms with Crippen molar-refractivity contribution in [1.29, 1.82) is 0 Å². The Hall–Kier alpha value is -3.46. The van der Waals surface area contributed by atoms with E-state index in [-0.39, 0.29) is 12.5 Å². The van der Waals surface area contributed by atoms with Crippen molar-refractivity contribution in [2.24, 2.45) is 4.99 Å². The highest BCUT2D eigenvalue weighted by atomic mass is 79.9. The van der Waals surface area contributed by atoms with Crippen LogP contribution in [0.15, 0.2) is 117 Å². The van der Waals surface area contributed by atoms with Gasteiger partial charge < -0.3 is 19.9 Å². The summed E-state index contributed by atoms with van der Waals surface area (Å²) >= 11 is 7.19. The Balaban J connectivity index is 1.59. The molecule has 0 aromatic heterocycles. The number of benzene rings is 4. The van der Waals surface area contributed by atoms with Crippen LogP contribution in [0.5, 0.6) is 5.75 Å². The summed E-state index contributed by atoms with van der Waals surface area (Å²) in [6, 6.07) is 32.5. The number of hydrogen-bond donors (Lipinski definition) is 2. The van der Waals surface area contributed by atoms with Crippen molar-refractivity contribution in [3.05, 3.63) is 129 Å². The van der Waals surface area contributed by atoms with E-state index in [4.69, 9.17) is 19.6 Å². The number of amides is 1. The minimum Gasteiger partial charge on any atom is -0.494 e. The Bertz CT molecular complexity index is 1480. The van der Waals surface area contributed by atoms with E-state index in [1.807, 2.05) is 103 Å². The van der Waals surface area contributed by atoms with Crippen LogP contribution in [0.3, 0.4) is 0 Å². The van der Waals surface area contributed by atoms with Crippen LogP contribution in [0.25, 0.3) is 0 Å². The van der Waals surface area contributed by atoms with Crippen LogP contribution in [0.1, 0.15) is 29.2 Å². The Labute approximate surface area is 250 Å². The normalized spacial score (nSPS) is 18.1. The van der Waals surface area contributed by atoms with Crippen LogP contribution in [-0.2, 0) is 16.0 Å². The van der Waals surface area contributed by atoms with Crippen LogP contribution in [0.2, 0.25) is 0 Å². The largest absolute Gasteiger partial charge is 0.494 e. The Kier molecular flexibility index (Phi) is 8.99. The van der Waals surface area contributed by atoms with Gasteiger partial charge in [0, 0.05) is 45.2 Å². The molecule has 6 nitrogen and oxygen atoms in total. The van der Waals surface area contributed by atoms with Crippen LogP contribution in [-0.4, -0.2) is 35.7 Å². The second kappa shape index (κ2) is 12.8. The molecule has 204 valence electrons. The molecule has 4 aromatic rings. The molecule has 0 saturated heterocycles. The molecule has 1 amide bonds. The number of hydrogen-bond acceptors (Lipinski definition) is 5. The van der Waals surface area contributed by atoms with E-state index >= 15 is 0 Å². The summed E-state index contributed by atoms with van der Waals surface area (Å²) in [5.41, 5.74) is 1.88. The van der Waals surface area contributed by atoms with Gasteiger partial charge in [0.2, 0.25) is 5.90 Å². The molecule has 0 aliphatic carbocycles. The van der Waals surface area contributed by atoms with E-state index in [1.54, 1.807) is 0 Å². The maximum atomic E-state index is 14.3. The monoisotopic (exact) mass is 662 g/mol. The van der Waals surface area contributed by atoms with Crippen LogP contribution < -0.4 is 10.1 Å². The van der Waals surface area contributed by atoms with Crippen molar-refractivity contribution < 1.29 is 19.4 Å². The number of carbonyl (C=O) groups excluding carboxylic acids is 1. The molecular weight excluding hydrogens is 636 g/mol. The number of para-hydroxylation sites is 1. The highest BCUT2D eigenvalue weighted by Gasteiger charge is 2.53. The lowest BCUT2D eigenvalue weighted by Gasteiger charge is -2.31. The van der Waals surface area contributed by atoms with Gasteiger partial charge in [-0.2, -0.15) is 0 Å². The number of aliphatic hydroxyl groups is 1. The first-order valence-corrected chi connectivity index (χ1v) is 14.5. The summed E-state index contributed by atoms with van der Waals surface area (Å²) in [4.78, 5) is 19.4. The maximum Gasteiger partial charge on any atom is 0.257 e. The smallest absolute Gasteiger partial charge is 0.257 e. The summed E-state index contributed by atoms with van der Waals surface area (Å²) in [6.45, 7) is 0.498. The number of nitrogens with zero attached hydrogens (tertiary/aromatic N) is 1. The average molecular weight is 664 g/mol. The molecule has 2 N–H and O–H groups in total. The second-order valence-electron chi connectivity index (χ2n) is 9.43. The topological polar surface area (TPSA) is 80.2 Å². The number of halogens is 2. The van der Waals surface area contributed by atoms with Crippen molar-refractivity contribution in [3.8, 4) is 5.75 Å². The van der Waals surface area contributed by atoms with Gasteiger partial charge in [-0.05, 0) is 60.2 Å². The fourth-order valence-corrected chi connectivity index (χ4v) is 5.38. The molecule has 1 heterocycles. The van der Waals surface area contributed by atoms with Gasteiger partial charge in [-0.15, -0.1) is 0 Å². The van der Waals surface area contributed by atoms with Crippen molar-refractivity contribution in [2.75, 3.05) is 18.5 Å². The molecular formula is C32H28Br2N2O4. The van der Waals surface area contributed by atoms with Crippen molar-refractivity contribution in [2.45, 2.75) is 24.5 Å². The minimum atomic E-state index is -1.31. The van der Waals surface area contributed by atoms with Gasteiger partial charge in [-0.1, -0.05) is 80.4 Å². The second-order valence-corrected chi connectivity index (χ2v) is 11.2. The molecule has 0 unspecified atom stereocenters. The lowest BCUT2D eigenvalue weighted by molar-refractivity contribution is -0.123. The zero-order valence-corrected chi connectivity index (χ0v) is 24.8. The first-order chi connectivity index (χ1) is 19.5. The molecule has 0 saturated carbocycles. The van der Waals surface area contributed by atoms with Crippen molar-refractivity contribution >= 4 is 49.4 Å². The van der Waals surface area contributed by atoms with Gasteiger partial charge in [0.15, 0.2) is 11.6 Å².